The van der Waals surface area contributed by atoms with Gasteiger partial charge in [0.1, 0.15) is 0 Å². The van der Waals surface area contributed by atoms with Crippen molar-refractivity contribution in [1.29, 1.82) is 0 Å². The number of carbonyl (C=O) groups excluding carboxylic acids is 1. The first-order valence-corrected chi connectivity index (χ1v) is 9.36. The summed E-state index contributed by atoms with van der Waals surface area (Å²) in [7, 11) is 3.04. The summed E-state index contributed by atoms with van der Waals surface area (Å²) in [5.41, 5.74) is 2.19. The number of amides is 1. The molecule has 0 saturated carbocycles. The van der Waals surface area contributed by atoms with Gasteiger partial charge in [0.05, 0.1) is 31.6 Å². The number of ether oxygens (including phenoxy) is 2. The summed E-state index contributed by atoms with van der Waals surface area (Å²) in [5, 5.41) is 20.2. The van der Waals surface area contributed by atoms with E-state index in [0.717, 1.165) is 11.1 Å². The second-order valence-electron chi connectivity index (χ2n) is 6.89. The first-order valence-electron chi connectivity index (χ1n) is 9.36. The third kappa shape index (κ3) is 4.19. The number of hydrogen-bond donors (Lipinski definition) is 1. The van der Waals surface area contributed by atoms with Gasteiger partial charge >= 0.3 is 5.97 Å². The molecule has 1 heterocycles. The molecule has 0 spiro atoms. The molecule has 2 aromatic rings. The summed E-state index contributed by atoms with van der Waals surface area (Å²) < 4.78 is 10.8. The maximum Gasteiger partial charge on any atom is 0.303 e. The minimum atomic E-state index is -1.06. The Balaban J connectivity index is 2.12. The molecular weight excluding hydrogens is 392 g/mol. The average Bonchev–Trinajstić information content (AvgIpc) is 2.75. The largest absolute Gasteiger partial charge is 0.493 e. The van der Waals surface area contributed by atoms with Crippen molar-refractivity contribution in [3.63, 3.8) is 0 Å². The average molecular weight is 414 g/mol. The van der Waals surface area contributed by atoms with E-state index in [1.807, 2.05) is 6.07 Å². The number of carbonyl (C=O) groups is 2. The lowest BCUT2D eigenvalue weighted by Crippen LogP contribution is -2.40. The van der Waals surface area contributed by atoms with Crippen molar-refractivity contribution in [2.24, 2.45) is 0 Å². The maximum atomic E-state index is 12.9. The fraction of sp³-hybridized carbons (Fsp3) is 0.333. The maximum absolute atomic E-state index is 12.9. The van der Waals surface area contributed by atoms with Gasteiger partial charge in [0.15, 0.2) is 11.5 Å². The molecule has 0 unspecified atom stereocenters. The van der Waals surface area contributed by atoms with Crippen molar-refractivity contribution in [2.75, 3.05) is 20.8 Å². The minimum Gasteiger partial charge on any atom is -0.493 e. The van der Waals surface area contributed by atoms with Crippen molar-refractivity contribution in [3.8, 4) is 11.5 Å². The lowest BCUT2D eigenvalue weighted by atomic mass is 9.87. The van der Waals surface area contributed by atoms with Gasteiger partial charge in [-0.2, -0.15) is 0 Å². The highest BCUT2D eigenvalue weighted by Crippen LogP contribution is 2.41. The van der Waals surface area contributed by atoms with Crippen molar-refractivity contribution >= 4 is 17.6 Å². The molecule has 1 aliphatic rings. The summed E-state index contributed by atoms with van der Waals surface area (Å²) in [6.45, 7) is 0.355. The van der Waals surface area contributed by atoms with Crippen LogP contribution in [0.3, 0.4) is 0 Å². The Labute approximate surface area is 173 Å². The van der Waals surface area contributed by atoms with E-state index in [1.165, 1.54) is 26.4 Å². The highest BCUT2D eigenvalue weighted by molar-refractivity contribution is 5.82. The molecule has 3 rings (SSSR count). The molecule has 0 aliphatic carbocycles. The summed E-state index contributed by atoms with van der Waals surface area (Å²) >= 11 is 0. The van der Waals surface area contributed by atoms with Gasteiger partial charge < -0.3 is 19.5 Å². The van der Waals surface area contributed by atoms with Crippen LogP contribution in [0, 0.1) is 10.1 Å². The van der Waals surface area contributed by atoms with E-state index >= 15 is 0 Å². The Kier molecular flexibility index (Phi) is 6.20. The highest BCUT2D eigenvalue weighted by Gasteiger charge is 2.34. The van der Waals surface area contributed by atoms with Gasteiger partial charge in [-0.05, 0) is 35.2 Å². The second kappa shape index (κ2) is 8.81. The van der Waals surface area contributed by atoms with Crippen molar-refractivity contribution in [3.05, 3.63) is 63.2 Å². The van der Waals surface area contributed by atoms with Gasteiger partial charge in [0.2, 0.25) is 5.91 Å². The zero-order valence-electron chi connectivity index (χ0n) is 16.7. The van der Waals surface area contributed by atoms with E-state index in [-0.39, 0.29) is 24.4 Å². The Hall–Kier alpha value is -3.62. The zero-order valence-corrected chi connectivity index (χ0v) is 16.7. The molecule has 9 heteroatoms. The Bertz CT molecular complexity index is 989. The third-order valence-electron chi connectivity index (χ3n) is 5.14. The SMILES string of the molecule is COc1cc2c(cc1OC)[C@@H](c1cccc([N+](=O)[O-])c1)N(C(=O)CCC(=O)O)CC2. The fourth-order valence-electron chi connectivity index (χ4n) is 3.74. The van der Waals surface area contributed by atoms with Gasteiger partial charge in [-0.1, -0.05) is 12.1 Å². The number of carboxylic acids is 1. The minimum absolute atomic E-state index is 0.0852. The highest BCUT2D eigenvalue weighted by atomic mass is 16.6. The number of carboxylic acid groups (broad SMARTS) is 1. The first-order chi connectivity index (χ1) is 14.3. The van der Waals surface area contributed by atoms with Crippen LogP contribution in [0.4, 0.5) is 5.69 Å². The molecule has 0 fully saturated rings. The van der Waals surface area contributed by atoms with E-state index in [4.69, 9.17) is 14.6 Å². The number of nitro groups is 1. The number of non-ortho nitro benzene ring substituents is 1. The van der Waals surface area contributed by atoms with Crippen molar-refractivity contribution in [1.82, 2.24) is 4.90 Å². The van der Waals surface area contributed by atoms with Crippen LogP contribution in [-0.2, 0) is 16.0 Å². The number of hydrogen-bond acceptors (Lipinski definition) is 6. The number of benzene rings is 2. The van der Waals surface area contributed by atoms with E-state index in [2.05, 4.69) is 0 Å². The fourth-order valence-corrected chi connectivity index (χ4v) is 3.74. The molecule has 1 atom stereocenters. The van der Waals surface area contributed by atoms with Gasteiger partial charge in [0, 0.05) is 25.1 Å². The molecule has 158 valence electrons. The smallest absolute Gasteiger partial charge is 0.303 e. The van der Waals surface area contributed by atoms with E-state index in [0.29, 0.717) is 30.0 Å². The molecule has 0 aromatic heterocycles. The lowest BCUT2D eigenvalue weighted by molar-refractivity contribution is -0.384. The van der Waals surface area contributed by atoms with Crippen molar-refractivity contribution < 1.29 is 29.1 Å². The molecule has 1 N–H and O–H groups in total. The van der Waals surface area contributed by atoms with Crippen LogP contribution >= 0.6 is 0 Å². The number of nitro benzene ring substituents is 1. The number of rotatable bonds is 7. The quantitative estimate of drug-likeness (QED) is 0.546. The van der Waals surface area contributed by atoms with E-state index in [9.17, 15) is 19.7 Å². The normalized spacial score (nSPS) is 15.3. The third-order valence-corrected chi connectivity index (χ3v) is 5.14. The van der Waals surface area contributed by atoms with Gasteiger partial charge in [-0.3, -0.25) is 19.7 Å². The number of aliphatic carboxylic acids is 1. The zero-order chi connectivity index (χ0) is 21.8. The van der Waals surface area contributed by atoms with Gasteiger partial charge in [-0.25, -0.2) is 0 Å². The van der Waals surface area contributed by atoms with Crippen LogP contribution in [-0.4, -0.2) is 47.6 Å². The summed E-state index contributed by atoms with van der Waals surface area (Å²) in [6, 6.07) is 9.14. The van der Waals surface area contributed by atoms with Crippen LogP contribution < -0.4 is 9.47 Å². The predicted molar refractivity (Wildman–Crippen MR) is 107 cm³/mol. The number of fused-ring (bicyclic) bond motifs is 1. The monoisotopic (exact) mass is 414 g/mol. The molecule has 9 nitrogen and oxygen atoms in total. The molecule has 30 heavy (non-hydrogen) atoms. The summed E-state index contributed by atoms with van der Waals surface area (Å²) in [5.74, 6) is -0.348. The van der Waals surface area contributed by atoms with Crippen LogP contribution in [0.2, 0.25) is 0 Å². The molecule has 0 saturated heterocycles. The van der Waals surface area contributed by atoms with Crippen LogP contribution in [0.5, 0.6) is 11.5 Å². The van der Waals surface area contributed by atoms with Gasteiger partial charge in [0.25, 0.3) is 5.69 Å². The lowest BCUT2D eigenvalue weighted by Gasteiger charge is -2.38. The standard InChI is InChI=1S/C21H22N2O7/c1-29-17-11-13-8-9-22(19(24)6-7-20(25)26)21(16(13)12-18(17)30-2)14-4-3-5-15(10-14)23(27)28/h3-5,10-12,21H,6-9H2,1-2H3,(H,25,26)/t21-/m1/s1. The Morgan fingerprint density at radius 3 is 2.50 bits per heavy atom. The first kappa shape index (κ1) is 21.1. The summed E-state index contributed by atoms with van der Waals surface area (Å²) in [6.07, 6.45) is 0.110. The van der Waals surface area contributed by atoms with E-state index < -0.39 is 16.9 Å². The van der Waals surface area contributed by atoms with Gasteiger partial charge in [-0.15, -0.1) is 0 Å². The molecule has 0 bridgehead atoms. The molecule has 1 aliphatic heterocycles. The van der Waals surface area contributed by atoms with Crippen LogP contribution in [0.1, 0.15) is 35.6 Å². The van der Waals surface area contributed by atoms with Crippen LogP contribution in [0.15, 0.2) is 36.4 Å². The topological polar surface area (TPSA) is 119 Å². The predicted octanol–water partition coefficient (Wildman–Crippen LogP) is 2.95. The van der Waals surface area contributed by atoms with E-state index in [1.54, 1.807) is 23.1 Å². The van der Waals surface area contributed by atoms with Crippen molar-refractivity contribution in [2.45, 2.75) is 25.3 Å². The Morgan fingerprint density at radius 2 is 1.87 bits per heavy atom. The number of methoxy groups -OCH3 is 2. The number of nitrogens with zero attached hydrogens (tertiary/aromatic N) is 2. The molecular formula is C21H22N2O7. The van der Waals surface area contributed by atoms with Crippen LogP contribution in [0.25, 0.3) is 0 Å². The second-order valence-corrected chi connectivity index (χ2v) is 6.89. The molecule has 2 aromatic carbocycles. The molecule has 0 radical (unpaired) electrons. The Morgan fingerprint density at radius 1 is 1.17 bits per heavy atom. The summed E-state index contributed by atoms with van der Waals surface area (Å²) in [4.78, 5) is 36.2. The molecule has 1 amide bonds.